The van der Waals surface area contributed by atoms with Crippen LogP contribution in [-0.2, 0) is 14.8 Å². The number of fused-ring (bicyclic) bond motifs is 1. The second-order valence-electron chi connectivity index (χ2n) is 6.73. The summed E-state index contributed by atoms with van der Waals surface area (Å²) >= 11 is 2.68. The predicted molar refractivity (Wildman–Crippen MR) is 120 cm³/mol. The average molecular weight is 449 g/mol. The first-order valence-corrected chi connectivity index (χ1v) is 12.1. The minimum Gasteiger partial charge on any atom is -0.351 e. The molecule has 0 radical (unpaired) electrons. The van der Waals surface area contributed by atoms with Crippen LogP contribution in [0.3, 0.4) is 0 Å². The molecule has 152 valence electrons. The Morgan fingerprint density at radius 2 is 2.14 bits per heavy atom. The van der Waals surface area contributed by atoms with E-state index in [1.165, 1.54) is 34.3 Å². The van der Waals surface area contributed by atoms with Gasteiger partial charge in [0.2, 0.25) is 5.91 Å². The normalized spacial score (nSPS) is 16.8. The third-order valence-corrected chi connectivity index (χ3v) is 8.96. The fourth-order valence-electron chi connectivity index (χ4n) is 3.22. The molecule has 0 bridgehead atoms. The van der Waals surface area contributed by atoms with E-state index in [9.17, 15) is 13.2 Å². The number of nitrogens with one attached hydrogen (secondary N) is 2. The molecule has 1 aromatic carbocycles. The van der Waals surface area contributed by atoms with Gasteiger partial charge in [0.25, 0.3) is 10.0 Å². The molecular formula is C19H20N4O3S3. The molecule has 0 saturated carbocycles. The average Bonchev–Trinajstić information content (AvgIpc) is 3.41. The Morgan fingerprint density at radius 1 is 1.34 bits per heavy atom. The van der Waals surface area contributed by atoms with Crippen LogP contribution in [0, 0.1) is 6.92 Å². The van der Waals surface area contributed by atoms with Crippen molar-refractivity contribution in [2.75, 3.05) is 17.9 Å². The highest BCUT2D eigenvalue weighted by molar-refractivity contribution is 8.15. The summed E-state index contributed by atoms with van der Waals surface area (Å²) in [5.41, 5.74) is 3.17. The molecule has 7 nitrogen and oxygen atoms in total. The fraction of sp³-hybridized carbons (Fsp3) is 0.263. The zero-order valence-corrected chi connectivity index (χ0v) is 18.5. The molecule has 29 heavy (non-hydrogen) atoms. The highest BCUT2D eigenvalue weighted by Crippen LogP contribution is 2.34. The van der Waals surface area contributed by atoms with Crippen LogP contribution in [0.1, 0.15) is 18.2 Å². The van der Waals surface area contributed by atoms with Crippen LogP contribution in [0.25, 0.3) is 10.9 Å². The summed E-state index contributed by atoms with van der Waals surface area (Å²) in [5.74, 6) is -0.0888. The van der Waals surface area contributed by atoms with Crippen LogP contribution in [-0.4, -0.2) is 43.3 Å². The Labute approximate surface area is 177 Å². The number of carbonyl (C=O) groups is 1. The summed E-state index contributed by atoms with van der Waals surface area (Å²) in [6.07, 6.45) is 0. The maximum atomic E-state index is 13.0. The van der Waals surface area contributed by atoms with Gasteiger partial charge in [0, 0.05) is 19.4 Å². The number of carbonyl (C=O) groups excluding carboxylic acids is 1. The van der Waals surface area contributed by atoms with Crippen molar-refractivity contribution in [3.8, 4) is 0 Å². The zero-order valence-electron chi connectivity index (χ0n) is 16.1. The highest BCUT2D eigenvalue weighted by atomic mass is 32.2. The molecule has 1 amide bonds. The number of H-pyrrole nitrogens is 1. The van der Waals surface area contributed by atoms with E-state index in [0.717, 1.165) is 27.2 Å². The highest BCUT2D eigenvalue weighted by Gasteiger charge is 2.26. The molecule has 10 heteroatoms. The van der Waals surface area contributed by atoms with E-state index in [-0.39, 0.29) is 11.3 Å². The fourth-order valence-corrected chi connectivity index (χ4v) is 6.62. The van der Waals surface area contributed by atoms with Crippen molar-refractivity contribution in [1.82, 2.24) is 10.3 Å². The summed E-state index contributed by atoms with van der Waals surface area (Å²) in [4.78, 5) is 19.2. The van der Waals surface area contributed by atoms with E-state index in [2.05, 4.69) is 15.3 Å². The van der Waals surface area contributed by atoms with E-state index in [1.54, 1.807) is 24.6 Å². The van der Waals surface area contributed by atoms with Crippen molar-refractivity contribution in [3.63, 3.8) is 0 Å². The van der Waals surface area contributed by atoms with Crippen LogP contribution >= 0.6 is 23.1 Å². The molecule has 1 aliphatic heterocycles. The Morgan fingerprint density at radius 3 is 2.83 bits per heavy atom. The number of aromatic amines is 1. The number of hydrogen-bond acceptors (Lipinski definition) is 6. The molecule has 2 N–H and O–H groups in total. The maximum absolute atomic E-state index is 13.0. The topological polar surface area (TPSA) is 94.6 Å². The number of hydrogen-bond donors (Lipinski definition) is 2. The second-order valence-corrected chi connectivity index (χ2v) is 11.1. The van der Waals surface area contributed by atoms with Gasteiger partial charge in [-0.3, -0.25) is 14.1 Å². The molecule has 3 heterocycles. The predicted octanol–water partition coefficient (Wildman–Crippen LogP) is 3.32. The van der Waals surface area contributed by atoms with E-state index in [0.29, 0.717) is 16.4 Å². The Kier molecular flexibility index (Phi) is 5.18. The van der Waals surface area contributed by atoms with Crippen molar-refractivity contribution in [2.45, 2.75) is 23.4 Å². The molecule has 2 aromatic heterocycles. The minimum absolute atomic E-state index is 0.0867. The smallest absolute Gasteiger partial charge is 0.273 e. The van der Waals surface area contributed by atoms with Gasteiger partial charge >= 0.3 is 0 Å². The number of nitrogens with zero attached hydrogens (tertiary/aromatic N) is 2. The molecule has 0 spiro atoms. The third-order valence-electron chi connectivity index (χ3n) is 4.69. The third kappa shape index (κ3) is 3.67. The zero-order chi connectivity index (χ0) is 20.8. The number of thioether (sulfide) groups is 1. The van der Waals surface area contributed by atoms with Gasteiger partial charge in [-0.1, -0.05) is 23.9 Å². The van der Waals surface area contributed by atoms with Crippen LogP contribution < -0.4 is 9.62 Å². The number of sulfonamides is 1. The van der Waals surface area contributed by atoms with E-state index in [1.807, 2.05) is 25.1 Å². The van der Waals surface area contributed by atoms with Crippen LogP contribution in [0.5, 0.6) is 0 Å². The number of aliphatic imine (C=N–C) groups is 1. The maximum Gasteiger partial charge on any atom is 0.273 e. The molecule has 0 aliphatic carbocycles. The number of amides is 1. The lowest BCUT2D eigenvalue weighted by molar-refractivity contribution is -0.119. The van der Waals surface area contributed by atoms with Gasteiger partial charge in [-0.15, -0.1) is 11.3 Å². The molecule has 0 fully saturated rings. The monoisotopic (exact) mass is 448 g/mol. The first-order valence-electron chi connectivity index (χ1n) is 8.90. The lowest BCUT2D eigenvalue weighted by Crippen LogP contribution is -2.31. The number of rotatable bonds is 5. The summed E-state index contributed by atoms with van der Waals surface area (Å²) < 4.78 is 27.6. The lowest BCUT2D eigenvalue weighted by Gasteiger charge is -2.19. The number of anilines is 1. The van der Waals surface area contributed by atoms with Gasteiger partial charge in [-0.2, -0.15) is 0 Å². The van der Waals surface area contributed by atoms with E-state index < -0.39 is 10.0 Å². The molecule has 1 aliphatic rings. The number of aryl methyl sites for hydroxylation is 1. The van der Waals surface area contributed by atoms with Crippen molar-refractivity contribution < 1.29 is 13.2 Å². The van der Waals surface area contributed by atoms with Crippen LogP contribution in [0.4, 0.5) is 5.69 Å². The van der Waals surface area contributed by atoms with Crippen molar-refractivity contribution in [1.29, 1.82) is 0 Å². The molecule has 1 unspecified atom stereocenters. The molecule has 3 aromatic rings. The SMILES string of the molecule is CC(=O)NC1CN=C(c2cc3c(C)ccc(N(C)S(=O)(=O)c4cccs4)c3[nH]2)S1. The Balaban J connectivity index is 1.73. The standard InChI is InChI=1S/C19H20N4O3S3/c1-11-6-7-15(23(3)29(25,26)17-5-4-8-27-17)18-13(11)9-14(22-18)19-20-10-16(28-19)21-12(2)24/h4-9,16,22H,10H2,1-3H3,(H,21,24). The summed E-state index contributed by atoms with van der Waals surface area (Å²) in [6, 6.07) is 9.05. The van der Waals surface area contributed by atoms with Crippen molar-refractivity contribution >= 4 is 60.7 Å². The van der Waals surface area contributed by atoms with Gasteiger partial charge in [0.15, 0.2) is 0 Å². The molecular weight excluding hydrogens is 428 g/mol. The summed E-state index contributed by atoms with van der Waals surface area (Å²) in [7, 11) is -2.07. The van der Waals surface area contributed by atoms with Gasteiger partial charge in [-0.05, 0) is 36.1 Å². The number of thiophene rings is 1. The molecule has 4 rings (SSSR count). The second kappa shape index (κ2) is 7.51. The summed E-state index contributed by atoms with van der Waals surface area (Å²) in [6.45, 7) is 3.98. The van der Waals surface area contributed by atoms with Crippen molar-refractivity contribution in [2.24, 2.45) is 4.99 Å². The quantitative estimate of drug-likeness (QED) is 0.626. The van der Waals surface area contributed by atoms with Crippen LogP contribution in [0.15, 0.2) is 44.9 Å². The first kappa shape index (κ1) is 20.0. The Bertz CT molecular complexity index is 1210. The summed E-state index contributed by atoms with van der Waals surface area (Å²) in [5, 5.41) is 6.27. The molecule has 0 saturated heterocycles. The van der Waals surface area contributed by atoms with Gasteiger partial charge in [0.1, 0.15) is 14.6 Å². The van der Waals surface area contributed by atoms with Gasteiger partial charge in [-0.25, -0.2) is 8.42 Å². The van der Waals surface area contributed by atoms with E-state index >= 15 is 0 Å². The first-order chi connectivity index (χ1) is 13.8. The largest absolute Gasteiger partial charge is 0.351 e. The number of aromatic nitrogens is 1. The lowest BCUT2D eigenvalue weighted by atomic mass is 10.1. The Hall–Kier alpha value is -2.30. The minimum atomic E-state index is -3.64. The van der Waals surface area contributed by atoms with Crippen molar-refractivity contribution in [3.05, 3.63) is 47.0 Å². The van der Waals surface area contributed by atoms with Gasteiger partial charge < -0.3 is 10.3 Å². The molecule has 1 atom stereocenters. The number of benzene rings is 1. The van der Waals surface area contributed by atoms with Crippen LogP contribution in [0.2, 0.25) is 0 Å². The van der Waals surface area contributed by atoms with E-state index in [4.69, 9.17) is 0 Å². The van der Waals surface area contributed by atoms with Gasteiger partial charge in [0.05, 0.1) is 23.4 Å².